The lowest BCUT2D eigenvalue weighted by atomic mass is 10.0. The van der Waals surface area contributed by atoms with E-state index >= 15 is 0 Å². The fourth-order valence-electron chi connectivity index (χ4n) is 5.09. The Morgan fingerprint density at radius 1 is 0.956 bits per heavy atom. The number of methoxy groups -OCH3 is 1. The highest BCUT2D eigenvalue weighted by Crippen LogP contribution is 2.26. The highest BCUT2D eigenvalue weighted by atomic mass is 31.1. The van der Waals surface area contributed by atoms with Gasteiger partial charge < -0.3 is 15.4 Å². The van der Waals surface area contributed by atoms with Gasteiger partial charge in [-0.25, -0.2) is 0 Å². The average molecular weight is 663 g/mol. The molecule has 0 aliphatic carbocycles. The molecular weight excluding hydrogens is 614 g/mol. The Morgan fingerprint density at radius 3 is 2.16 bits per heavy atom. The number of pyridine rings is 1. The third-order valence-corrected chi connectivity index (χ3v) is 9.25. The summed E-state index contributed by atoms with van der Waals surface area (Å²) in [6.07, 6.45) is 1.07. The molecule has 3 atom stereocenters. The minimum atomic E-state index is -1.93. The predicted molar refractivity (Wildman–Crippen MR) is 177 cm³/mol. The molecule has 0 fully saturated rings. The molecule has 0 saturated carbocycles. The van der Waals surface area contributed by atoms with Gasteiger partial charge in [-0.15, -0.1) is 9.05 Å². The van der Waals surface area contributed by atoms with Crippen LogP contribution < -0.4 is 10.6 Å². The van der Waals surface area contributed by atoms with Gasteiger partial charge in [0.15, 0.2) is 0 Å². The van der Waals surface area contributed by atoms with Crippen molar-refractivity contribution in [1.29, 1.82) is 0 Å². The molecular formula is C31H48N6O6P2+2. The molecule has 3 unspecified atom stereocenters. The average Bonchev–Trinajstić information content (AvgIpc) is 2.98. The number of rotatable bonds is 13. The SMILES string of the molecule is C=C(Nc1ccc(CC2CN(C[P+](=O)OC)CCN(C[P+](=O)OC)Cc3cccc(n3)CN2CC(=O)OC)cc1)NC(C)(C)C. The molecule has 3 rings (SSSR count). The van der Waals surface area contributed by atoms with Crippen LogP contribution in [0.1, 0.15) is 37.7 Å². The van der Waals surface area contributed by atoms with Gasteiger partial charge in [-0.2, -0.15) is 0 Å². The summed E-state index contributed by atoms with van der Waals surface area (Å²) in [5.41, 5.74) is 3.48. The van der Waals surface area contributed by atoms with Crippen molar-refractivity contribution >= 4 is 27.7 Å². The van der Waals surface area contributed by atoms with Crippen LogP contribution in [0.4, 0.5) is 5.69 Å². The van der Waals surface area contributed by atoms with Crippen molar-refractivity contribution in [3.05, 3.63) is 71.8 Å². The summed E-state index contributed by atoms with van der Waals surface area (Å²) in [6, 6.07) is 13.8. The number of carbonyl (C=O) groups is 1. The first-order valence-corrected chi connectivity index (χ1v) is 17.6. The maximum absolute atomic E-state index is 12.7. The second-order valence-corrected chi connectivity index (χ2v) is 14.7. The zero-order chi connectivity index (χ0) is 33.0. The Bertz CT molecular complexity index is 1310. The summed E-state index contributed by atoms with van der Waals surface area (Å²) in [7, 11) is 0.455. The fourth-order valence-corrected chi connectivity index (χ4v) is 6.48. The van der Waals surface area contributed by atoms with E-state index in [1.54, 1.807) is 0 Å². The standard InChI is InChI=1S/C31H48N6O6P2/c1-24(34-31(2,3)4)32-26-13-11-25(12-14-26)17-29-20-36(23-45(40)43-7)16-15-35(22-44(39)42-6)18-27-9-8-10-28(33-27)19-37(29)21-30(38)41-5/h8-14,29,32,34H,1,15-23H2,2-7H3/q+2. The van der Waals surface area contributed by atoms with Crippen LogP contribution in [0.5, 0.6) is 0 Å². The summed E-state index contributed by atoms with van der Waals surface area (Å²) >= 11 is 0. The van der Waals surface area contributed by atoms with Crippen molar-refractivity contribution in [3.8, 4) is 0 Å². The number of hydrogen-bond donors (Lipinski definition) is 2. The highest BCUT2D eigenvalue weighted by Gasteiger charge is 2.31. The number of benzene rings is 1. The second-order valence-electron chi connectivity index (χ2n) is 12.1. The number of hydrogen-bond acceptors (Lipinski definition) is 12. The van der Waals surface area contributed by atoms with E-state index in [4.69, 9.17) is 18.8 Å². The minimum absolute atomic E-state index is 0.0652. The van der Waals surface area contributed by atoms with Crippen LogP contribution in [0.3, 0.4) is 0 Å². The third kappa shape index (κ3) is 13.2. The van der Waals surface area contributed by atoms with Crippen molar-refractivity contribution in [2.24, 2.45) is 0 Å². The molecule has 1 aliphatic rings. The third-order valence-electron chi connectivity index (χ3n) is 7.18. The number of nitrogens with zero attached hydrogens (tertiary/aromatic N) is 4. The molecule has 2 heterocycles. The molecule has 1 aromatic heterocycles. The molecule has 0 saturated heterocycles. The molecule has 12 nitrogen and oxygen atoms in total. The first kappa shape index (κ1) is 36.6. The molecule has 1 aromatic carbocycles. The van der Waals surface area contributed by atoms with Gasteiger partial charge in [0.2, 0.25) is 12.6 Å². The Labute approximate surface area is 269 Å². The van der Waals surface area contributed by atoms with Crippen LogP contribution >= 0.6 is 16.1 Å². The van der Waals surface area contributed by atoms with Gasteiger partial charge in [0.25, 0.3) is 0 Å². The zero-order valence-electron chi connectivity index (χ0n) is 27.3. The molecule has 2 bridgehead atoms. The maximum atomic E-state index is 12.7. The Balaban J connectivity index is 1.95. The summed E-state index contributed by atoms with van der Waals surface area (Å²) in [5.74, 6) is 0.359. The number of esters is 1. The summed E-state index contributed by atoms with van der Waals surface area (Å²) in [4.78, 5) is 23.8. The molecule has 2 aromatic rings. The second kappa shape index (κ2) is 17.8. The van der Waals surface area contributed by atoms with Crippen LogP contribution in [-0.4, -0.2) is 97.3 Å². The Kier molecular flexibility index (Phi) is 14.5. The monoisotopic (exact) mass is 662 g/mol. The molecule has 246 valence electrons. The van der Waals surface area contributed by atoms with Gasteiger partial charge in [0, 0.05) is 50.0 Å². The van der Waals surface area contributed by atoms with E-state index in [1.807, 2.05) is 35.2 Å². The normalized spacial score (nSPS) is 17.9. The first-order chi connectivity index (χ1) is 21.4. The molecule has 0 amide bonds. The van der Waals surface area contributed by atoms with Gasteiger partial charge in [-0.05, 0) is 66.2 Å². The van der Waals surface area contributed by atoms with E-state index in [9.17, 15) is 13.9 Å². The number of nitrogens with one attached hydrogen (secondary N) is 2. The van der Waals surface area contributed by atoms with Gasteiger partial charge in [-0.3, -0.25) is 24.5 Å². The van der Waals surface area contributed by atoms with Crippen LogP contribution in [0.25, 0.3) is 0 Å². The molecule has 2 N–H and O–H groups in total. The van der Waals surface area contributed by atoms with Crippen LogP contribution in [-0.2, 0) is 47.2 Å². The number of ether oxygens (including phenoxy) is 1. The van der Waals surface area contributed by atoms with E-state index in [0.717, 1.165) is 22.6 Å². The van der Waals surface area contributed by atoms with Gasteiger partial charge in [0.05, 0.1) is 45.1 Å². The molecule has 0 spiro atoms. The van der Waals surface area contributed by atoms with E-state index < -0.39 is 16.1 Å². The highest BCUT2D eigenvalue weighted by molar-refractivity contribution is 7.39. The Hall–Kier alpha value is -2.82. The lowest BCUT2D eigenvalue weighted by Gasteiger charge is -2.35. The van der Waals surface area contributed by atoms with Gasteiger partial charge in [0.1, 0.15) is 0 Å². The lowest BCUT2D eigenvalue weighted by molar-refractivity contribution is -0.142. The number of carbonyl (C=O) groups excluding carboxylic acids is 1. The van der Waals surface area contributed by atoms with Gasteiger partial charge in [-0.1, -0.05) is 24.8 Å². The van der Waals surface area contributed by atoms with Crippen LogP contribution in [0.2, 0.25) is 0 Å². The number of anilines is 1. The van der Waals surface area contributed by atoms with Crippen LogP contribution in [0, 0.1) is 0 Å². The molecule has 0 radical (unpaired) electrons. The predicted octanol–water partition coefficient (Wildman–Crippen LogP) is 4.75. The zero-order valence-corrected chi connectivity index (χ0v) is 29.1. The molecule has 14 heteroatoms. The van der Waals surface area contributed by atoms with Crippen molar-refractivity contribution in [2.45, 2.75) is 51.9 Å². The van der Waals surface area contributed by atoms with Crippen molar-refractivity contribution in [2.75, 3.05) is 65.4 Å². The summed E-state index contributed by atoms with van der Waals surface area (Å²) in [6.45, 7) is 12.8. The quantitative estimate of drug-likeness (QED) is 0.227. The number of fused-ring (bicyclic) bond motifs is 2. The van der Waals surface area contributed by atoms with E-state index in [0.29, 0.717) is 45.0 Å². The van der Waals surface area contributed by atoms with Crippen molar-refractivity contribution in [3.63, 3.8) is 0 Å². The lowest BCUT2D eigenvalue weighted by Crippen LogP contribution is -2.48. The molecule has 1 aliphatic heterocycles. The smallest absolute Gasteiger partial charge is 0.468 e. The molecule has 45 heavy (non-hydrogen) atoms. The van der Waals surface area contributed by atoms with E-state index in [-0.39, 0.29) is 36.7 Å². The summed E-state index contributed by atoms with van der Waals surface area (Å²) in [5, 5.41) is 6.63. The first-order valence-electron chi connectivity index (χ1n) is 14.9. The topological polar surface area (TPSA) is 126 Å². The van der Waals surface area contributed by atoms with E-state index in [2.05, 4.69) is 59.9 Å². The maximum Gasteiger partial charge on any atom is 0.523 e. The van der Waals surface area contributed by atoms with Crippen molar-refractivity contribution < 1.29 is 27.7 Å². The van der Waals surface area contributed by atoms with E-state index in [1.165, 1.54) is 21.3 Å². The van der Waals surface area contributed by atoms with Crippen LogP contribution in [0.15, 0.2) is 54.9 Å². The minimum Gasteiger partial charge on any atom is -0.468 e. The van der Waals surface area contributed by atoms with Crippen molar-refractivity contribution in [1.82, 2.24) is 25.0 Å². The van der Waals surface area contributed by atoms with Gasteiger partial charge >= 0.3 is 22.0 Å². The largest absolute Gasteiger partial charge is 0.523 e. The summed E-state index contributed by atoms with van der Waals surface area (Å²) < 4.78 is 40.4. The Morgan fingerprint density at radius 2 is 1.56 bits per heavy atom. The fraction of sp³-hybridized carbons (Fsp3) is 0.548. The number of aromatic nitrogens is 1.